The van der Waals surface area contributed by atoms with Crippen LogP contribution in [0.2, 0.25) is 0 Å². The number of piperidine rings is 1. The van der Waals surface area contributed by atoms with Gasteiger partial charge in [-0.1, -0.05) is 19.1 Å². The van der Waals surface area contributed by atoms with Gasteiger partial charge in [0, 0.05) is 18.8 Å². The number of hydrazone groups is 1. The third kappa shape index (κ3) is 6.93. The van der Waals surface area contributed by atoms with E-state index in [0.717, 1.165) is 50.7 Å². The molecule has 2 aromatic heterocycles. The van der Waals surface area contributed by atoms with Crippen LogP contribution >= 0.6 is 0 Å². The number of rotatable bonds is 8. The molecule has 5 rings (SSSR count). The van der Waals surface area contributed by atoms with Crippen molar-refractivity contribution >= 4 is 29.4 Å². The van der Waals surface area contributed by atoms with Crippen LogP contribution in [0.25, 0.3) is 11.1 Å². The Bertz CT molecular complexity index is 1590. The topological polar surface area (TPSA) is 98.6 Å². The van der Waals surface area contributed by atoms with E-state index >= 15 is 0 Å². The average Bonchev–Trinajstić information content (AvgIpc) is 2.98. The van der Waals surface area contributed by atoms with E-state index in [-0.39, 0.29) is 23.2 Å². The van der Waals surface area contributed by atoms with Crippen molar-refractivity contribution in [3.8, 4) is 16.9 Å². The molecule has 1 aliphatic heterocycles. The van der Waals surface area contributed by atoms with Gasteiger partial charge in [0.1, 0.15) is 5.75 Å². The Morgan fingerprint density at radius 3 is 2.55 bits per heavy atom. The molecule has 0 radical (unpaired) electrons. The minimum absolute atomic E-state index is 0.0444. The lowest BCUT2D eigenvalue weighted by molar-refractivity contribution is -0.137. The predicted octanol–water partition coefficient (Wildman–Crippen LogP) is 7.14. The van der Waals surface area contributed by atoms with Crippen LogP contribution in [-0.4, -0.2) is 39.4 Å². The summed E-state index contributed by atoms with van der Waals surface area (Å²) in [7, 11) is 0. The van der Waals surface area contributed by atoms with Gasteiger partial charge >= 0.3 is 6.18 Å². The summed E-state index contributed by atoms with van der Waals surface area (Å²) in [5.74, 6) is -0.143. The Morgan fingerprint density at radius 1 is 1.00 bits per heavy atom. The van der Waals surface area contributed by atoms with Crippen LogP contribution < -0.4 is 15.6 Å². The predicted molar refractivity (Wildman–Crippen MR) is 155 cm³/mol. The SMILES string of the molecule is CCc1nc(/C=N\Nc2ncc(F)c(N3CCCCC3)n2)ccc1Nc1cc(-c2cccc(O)c2)cc(C(F)(F)F)c1. The number of aromatic hydroxyl groups is 1. The maximum atomic E-state index is 14.3. The van der Waals surface area contributed by atoms with E-state index in [1.807, 2.05) is 11.8 Å². The molecule has 1 saturated heterocycles. The van der Waals surface area contributed by atoms with Gasteiger partial charge < -0.3 is 15.3 Å². The second-order valence-electron chi connectivity index (χ2n) is 9.84. The lowest BCUT2D eigenvalue weighted by atomic mass is 10.0. The summed E-state index contributed by atoms with van der Waals surface area (Å²) in [6, 6.07) is 13.1. The summed E-state index contributed by atoms with van der Waals surface area (Å²) >= 11 is 0. The van der Waals surface area contributed by atoms with Crippen molar-refractivity contribution in [3.63, 3.8) is 0 Å². The van der Waals surface area contributed by atoms with E-state index in [2.05, 4.69) is 30.8 Å². The molecule has 42 heavy (non-hydrogen) atoms. The Balaban J connectivity index is 1.34. The first-order valence-corrected chi connectivity index (χ1v) is 13.5. The lowest BCUT2D eigenvalue weighted by Gasteiger charge is -2.27. The summed E-state index contributed by atoms with van der Waals surface area (Å²) in [5.41, 5.74) is 4.51. The molecule has 0 aliphatic carbocycles. The van der Waals surface area contributed by atoms with E-state index in [1.54, 1.807) is 30.3 Å². The summed E-state index contributed by atoms with van der Waals surface area (Å²) in [5, 5.41) is 17.0. The molecule has 0 atom stereocenters. The molecule has 12 heteroatoms. The maximum absolute atomic E-state index is 14.3. The number of nitrogens with zero attached hydrogens (tertiary/aromatic N) is 5. The molecule has 1 aliphatic rings. The van der Waals surface area contributed by atoms with Gasteiger partial charge in [-0.15, -0.1) is 0 Å². The fourth-order valence-electron chi connectivity index (χ4n) is 4.74. The Hall–Kier alpha value is -4.74. The first-order chi connectivity index (χ1) is 20.2. The number of hydrogen-bond donors (Lipinski definition) is 3. The number of aromatic nitrogens is 3. The number of pyridine rings is 1. The summed E-state index contributed by atoms with van der Waals surface area (Å²) in [6.07, 6.45) is 1.57. The second-order valence-corrected chi connectivity index (χ2v) is 9.84. The average molecular weight is 580 g/mol. The highest BCUT2D eigenvalue weighted by Crippen LogP contribution is 2.36. The summed E-state index contributed by atoms with van der Waals surface area (Å²) < 4.78 is 55.5. The normalized spacial score (nSPS) is 13.9. The molecule has 1 fully saturated rings. The molecule has 0 bridgehead atoms. The van der Waals surface area contributed by atoms with Crippen LogP contribution in [0.3, 0.4) is 0 Å². The molecular weight excluding hydrogens is 550 g/mol. The highest BCUT2D eigenvalue weighted by molar-refractivity contribution is 5.79. The first kappa shape index (κ1) is 28.8. The molecule has 0 spiro atoms. The minimum atomic E-state index is -4.56. The number of phenolic OH excluding ortho intramolecular Hbond substituents is 1. The minimum Gasteiger partial charge on any atom is -0.508 e. The number of anilines is 4. The van der Waals surface area contributed by atoms with Crippen LogP contribution in [0, 0.1) is 5.82 Å². The molecule has 8 nitrogen and oxygen atoms in total. The van der Waals surface area contributed by atoms with Crippen molar-refractivity contribution in [1.82, 2.24) is 15.0 Å². The number of nitrogens with one attached hydrogen (secondary N) is 2. The van der Waals surface area contributed by atoms with Crippen molar-refractivity contribution < 1.29 is 22.7 Å². The van der Waals surface area contributed by atoms with Crippen LogP contribution in [0.5, 0.6) is 5.75 Å². The monoisotopic (exact) mass is 579 g/mol. The Labute approximate surface area is 240 Å². The molecule has 4 aromatic rings. The fraction of sp³-hybridized carbons (Fsp3) is 0.267. The molecule has 3 heterocycles. The highest BCUT2D eigenvalue weighted by atomic mass is 19.4. The molecule has 0 amide bonds. The van der Waals surface area contributed by atoms with Crippen molar-refractivity contribution in [3.05, 3.63) is 83.6 Å². The summed E-state index contributed by atoms with van der Waals surface area (Å²) in [6.45, 7) is 3.35. The van der Waals surface area contributed by atoms with Crippen molar-refractivity contribution in [2.45, 2.75) is 38.8 Å². The second kappa shape index (κ2) is 12.4. The Kier molecular flexibility index (Phi) is 8.51. The van der Waals surface area contributed by atoms with Crippen LogP contribution in [-0.2, 0) is 12.6 Å². The highest BCUT2D eigenvalue weighted by Gasteiger charge is 2.31. The van der Waals surface area contributed by atoms with Crippen LogP contribution in [0.4, 0.5) is 40.7 Å². The van der Waals surface area contributed by atoms with Gasteiger partial charge in [0.05, 0.1) is 35.1 Å². The zero-order chi connectivity index (χ0) is 29.7. The number of phenols is 1. The molecule has 0 unspecified atom stereocenters. The Morgan fingerprint density at radius 2 is 1.81 bits per heavy atom. The number of alkyl halides is 3. The quantitative estimate of drug-likeness (QED) is 0.116. The van der Waals surface area contributed by atoms with E-state index in [9.17, 15) is 22.7 Å². The molecule has 0 saturated carbocycles. The fourth-order valence-corrected chi connectivity index (χ4v) is 4.74. The van der Waals surface area contributed by atoms with Crippen molar-refractivity contribution in [1.29, 1.82) is 0 Å². The standard InChI is InChI=1S/C30H29F4N7O/c1-2-26-27(38-23-14-20(13-21(16-23)30(32,33)34)19-7-6-8-24(42)15-19)10-9-22(37-26)17-36-40-29-35-18-25(31)28(39-29)41-11-4-3-5-12-41/h6-10,13-18,38,42H,2-5,11-12H2,1H3,(H,35,39,40)/b36-17-. The van der Waals surface area contributed by atoms with Gasteiger partial charge in [0.2, 0.25) is 5.95 Å². The van der Waals surface area contributed by atoms with Gasteiger partial charge in [-0.3, -0.25) is 0 Å². The van der Waals surface area contributed by atoms with E-state index < -0.39 is 17.6 Å². The smallest absolute Gasteiger partial charge is 0.416 e. The largest absolute Gasteiger partial charge is 0.508 e. The number of hydrogen-bond acceptors (Lipinski definition) is 8. The van der Waals surface area contributed by atoms with Crippen molar-refractivity contribution in [2.24, 2.45) is 5.10 Å². The van der Waals surface area contributed by atoms with Gasteiger partial charge in [-0.25, -0.2) is 19.8 Å². The third-order valence-electron chi connectivity index (χ3n) is 6.79. The van der Waals surface area contributed by atoms with Crippen LogP contribution in [0.15, 0.2) is 65.9 Å². The van der Waals surface area contributed by atoms with E-state index in [0.29, 0.717) is 34.6 Å². The first-order valence-electron chi connectivity index (χ1n) is 13.5. The summed E-state index contributed by atoms with van der Waals surface area (Å²) in [4.78, 5) is 14.7. The number of benzene rings is 2. The maximum Gasteiger partial charge on any atom is 0.416 e. The van der Waals surface area contributed by atoms with Gasteiger partial charge in [-0.2, -0.15) is 23.3 Å². The molecule has 3 N–H and O–H groups in total. The zero-order valence-corrected chi connectivity index (χ0v) is 22.8. The third-order valence-corrected chi connectivity index (χ3v) is 6.79. The number of aryl methyl sites for hydroxylation is 1. The van der Waals surface area contributed by atoms with Gasteiger partial charge in [0.25, 0.3) is 0 Å². The van der Waals surface area contributed by atoms with E-state index in [4.69, 9.17) is 0 Å². The number of halogens is 4. The van der Waals surface area contributed by atoms with Gasteiger partial charge in [0.15, 0.2) is 11.6 Å². The van der Waals surface area contributed by atoms with Gasteiger partial charge in [-0.05, 0) is 79.3 Å². The molecular formula is C30H29F4N7O. The lowest BCUT2D eigenvalue weighted by Crippen LogP contribution is -2.31. The van der Waals surface area contributed by atoms with Crippen LogP contribution in [0.1, 0.15) is 43.1 Å². The zero-order valence-electron chi connectivity index (χ0n) is 22.8. The molecule has 218 valence electrons. The van der Waals surface area contributed by atoms with Crippen molar-refractivity contribution in [2.75, 3.05) is 28.7 Å². The molecule has 2 aromatic carbocycles. The van der Waals surface area contributed by atoms with E-state index in [1.165, 1.54) is 18.3 Å².